The third-order valence-electron chi connectivity index (χ3n) is 6.57. The number of benzene rings is 2. The number of imide groups is 1. The molecule has 0 bridgehead atoms. The third-order valence-corrected chi connectivity index (χ3v) is 6.57. The lowest BCUT2D eigenvalue weighted by Crippen LogP contribution is -2.44. The molecule has 0 aromatic heterocycles. The Balaban J connectivity index is 1.58. The van der Waals surface area contributed by atoms with Crippen LogP contribution in [0.5, 0.6) is 0 Å². The Bertz CT molecular complexity index is 968. The van der Waals surface area contributed by atoms with E-state index in [2.05, 4.69) is 41.2 Å². The van der Waals surface area contributed by atoms with E-state index in [1.54, 1.807) is 0 Å². The van der Waals surface area contributed by atoms with Crippen LogP contribution in [0.2, 0.25) is 0 Å². The maximum Gasteiger partial charge on any atom is 0.253 e. The maximum absolute atomic E-state index is 13.5. The molecule has 2 amide bonds. The topological polar surface area (TPSA) is 43.9 Å². The van der Waals surface area contributed by atoms with E-state index in [1.165, 1.54) is 10.5 Å². The van der Waals surface area contributed by atoms with Crippen LogP contribution < -0.4 is 4.90 Å². The lowest BCUT2D eigenvalue weighted by Gasteiger charge is -2.30. The maximum atomic E-state index is 13.5. The number of amides is 2. The highest BCUT2D eigenvalue weighted by Crippen LogP contribution is 2.48. The van der Waals surface area contributed by atoms with Gasteiger partial charge in [0.2, 0.25) is 5.91 Å². The predicted octanol–water partition coefficient (Wildman–Crippen LogP) is 3.15. The first kappa shape index (κ1) is 17.6. The van der Waals surface area contributed by atoms with Gasteiger partial charge >= 0.3 is 0 Å². The number of hydrogen-bond donors (Lipinski definition) is 0. The van der Waals surface area contributed by atoms with Crippen molar-refractivity contribution in [3.63, 3.8) is 0 Å². The van der Waals surface area contributed by atoms with Gasteiger partial charge in [0, 0.05) is 13.1 Å². The van der Waals surface area contributed by atoms with Crippen molar-refractivity contribution in [1.29, 1.82) is 0 Å². The van der Waals surface area contributed by atoms with Gasteiger partial charge in [-0.3, -0.25) is 9.59 Å². The smallest absolute Gasteiger partial charge is 0.253 e. The average molecular weight is 375 g/mol. The van der Waals surface area contributed by atoms with Gasteiger partial charge in [-0.15, -0.1) is 0 Å². The number of carbonyl (C=O) groups excluding carboxylic acids is 2. The molecular formula is C23H25N3O2. The van der Waals surface area contributed by atoms with E-state index in [9.17, 15) is 9.59 Å². The zero-order chi connectivity index (χ0) is 19.6. The quantitative estimate of drug-likeness (QED) is 0.757. The van der Waals surface area contributed by atoms with Gasteiger partial charge in [0.15, 0.2) is 0 Å². The fourth-order valence-corrected chi connectivity index (χ4v) is 5.00. The summed E-state index contributed by atoms with van der Waals surface area (Å²) in [6.07, 6.45) is 1.02. The van der Waals surface area contributed by atoms with Gasteiger partial charge < -0.3 is 0 Å². The summed E-state index contributed by atoms with van der Waals surface area (Å²) in [5.41, 5.74) is 5.26. The molecule has 3 fully saturated rings. The first-order chi connectivity index (χ1) is 13.5. The van der Waals surface area contributed by atoms with Crippen molar-refractivity contribution in [2.24, 2.45) is 5.92 Å². The largest absolute Gasteiger partial charge is 0.274 e. The summed E-state index contributed by atoms with van der Waals surface area (Å²) in [6, 6.07) is 13.8. The van der Waals surface area contributed by atoms with Crippen LogP contribution >= 0.6 is 0 Å². The minimum Gasteiger partial charge on any atom is -0.274 e. The Morgan fingerprint density at radius 3 is 2.14 bits per heavy atom. The van der Waals surface area contributed by atoms with E-state index in [4.69, 9.17) is 0 Å². The van der Waals surface area contributed by atoms with Gasteiger partial charge in [0.25, 0.3) is 5.91 Å². The van der Waals surface area contributed by atoms with E-state index in [1.807, 2.05) is 32.0 Å². The van der Waals surface area contributed by atoms with Gasteiger partial charge in [0.05, 0.1) is 17.6 Å². The number of rotatable bonds is 2. The van der Waals surface area contributed by atoms with Crippen molar-refractivity contribution < 1.29 is 9.59 Å². The summed E-state index contributed by atoms with van der Waals surface area (Å²) < 4.78 is 0. The molecule has 2 aromatic rings. The number of fused-ring (bicyclic) bond motifs is 3. The molecule has 3 aliphatic rings. The van der Waals surface area contributed by atoms with Gasteiger partial charge in [-0.25, -0.2) is 14.9 Å². The van der Waals surface area contributed by atoms with Crippen LogP contribution in [0.25, 0.3) is 0 Å². The molecule has 0 spiro atoms. The molecule has 0 aliphatic carbocycles. The summed E-state index contributed by atoms with van der Waals surface area (Å²) >= 11 is 0. The fraction of sp³-hybridized carbons (Fsp3) is 0.391. The van der Waals surface area contributed by atoms with Crippen molar-refractivity contribution in [3.05, 3.63) is 64.7 Å². The Labute approximate surface area is 165 Å². The summed E-state index contributed by atoms with van der Waals surface area (Å²) in [5.74, 6) is -0.505. The lowest BCUT2D eigenvalue weighted by atomic mass is 9.89. The summed E-state index contributed by atoms with van der Waals surface area (Å²) in [7, 11) is 0. The highest BCUT2D eigenvalue weighted by molar-refractivity contribution is 6.24. The van der Waals surface area contributed by atoms with E-state index in [-0.39, 0.29) is 29.8 Å². The fourth-order valence-electron chi connectivity index (χ4n) is 5.00. The number of nitrogens with zero attached hydrogens (tertiary/aromatic N) is 3. The second-order valence-electron chi connectivity index (χ2n) is 8.29. The van der Waals surface area contributed by atoms with Crippen molar-refractivity contribution in [1.82, 2.24) is 10.0 Å². The second-order valence-corrected chi connectivity index (χ2v) is 8.29. The Kier molecular flexibility index (Phi) is 3.93. The number of hydrazine groups is 1. The molecule has 3 atom stereocenters. The van der Waals surface area contributed by atoms with Gasteiger partial charge in [-0.1, -0.05) is 35.9 Å². The SMILES string of the molecule is Cc1ccc([C@H]2[C@H]3C(=O)N(c4ccc(C)c(C)c4)C(=O)[C@H]3N3CCCN23)cc1. The number of anilines is 1. The van der Waals surface area contributed by atoms with Crippen LogP contribution in [0.1, 0.15) is 34.7 Å². The van der Waals surface area contributed by atoms with Crippen LogP contribution in [-0.2, 0) is 9.59 Å². The van der Waals surface area contributed by atoms with Crippen molar-refractivity contribution in [3.8, 4) is 0 Å². The van der Waals surface area contributed by atoms with Crippen LogP contribution in [0.15, 0.2) is 42.5 Å². The van der Waals surface area contributed by atoms with Crippen molar-refractivity contribution >= 4 is 17.5 Å². The Hall–Kier alpha value is -2.50. The van der Waals surface area contributed by atoms with Crippen LogP contribution in [-0.4, -0.2) is 41.0 Å². The molecule has 0 radical (unpaired) electrons. The molecule has 2 aromatic carbocycles. The van der Waals surface area contributed by atoms with Crippen molar-refractivity contribution in [2.45, 2.75) is 39.3 Å². The molecule has 3 saturated heterocycles. The molecule has 3 aliphatic heterocycles. The van der Waals surface area contributed by atoms with E-state index in [0.29, 0.717) is 5.69 Å². The van der Waals surface area contributed by atoms with Gasteiger partial charge in [-0.05, 0) is 56.0 Å². The lowest BCUT2D eigenvalue weighted by molar-refractivity contribution is -0.126. The van der Waals surface area contributed by atoms with Gasteiger partial charge in [0.1, 0.15) is 6.04 Å². The molecule has 144 valence electrons. The second kappa shape index (κ2) is 6.26. The van der Waals surface area contributed by atoms with Crippen molar-refractivity contribution in [2.75, 3.05) is 18.0 Å². The minimum atomic E-state index is -0.386. The van der Waals surface area contributed by atoms with E-state index < -0.39 is 0 Å². The molecule has 5 rings (SSSR count). The van der Waals surface area contributed by atoms with Crippen LogP contribution in [0.4, 0.5) is 5.69 Å². The molecule has 0 saturated carbocycles. The van der Waals surface area contributed by atoms with E-state index >= 15 is 0 Å². The zero-order valence-corrected chi connectivity index (χ0v) is 16.6. The minimum absolute atomic E-state index is 0.0684. The van der Waals surface area contributed by atoms with Crippen LogP contribution in [0, 0.1) is 26.7 Å². The molecule has 0 N–H and O–H groups in total. The highest BCUT2D eigenvalue weighted by Gasteiger charge is 2.62. The summed E-state index contributed by atoms with van der Waals surface area (Å²) in [6.45, 7) is 7.85. The average Bonchev–Trinajstić information content (AvgIpc) is 3.31. The molecule has 5 nitrogen and oxygen atoms in total. The monoisotopic (exact) mass is 375 g/mol. The first-order valence-electron chi connectivity index (χ1n) is 10.0. The Morgan fingerprint density at radius 2 is 1.46 bits per heavy atom. The number of aryl methyl sites for hydroxylation is 3. The normalized spacial score (nSPS) is 27.5. The molecule has 28 heavy (non-hydrogen) atoms. The molecule has 3 heterocycles. The highest BCUT2D eigenvalue weighted by atomic mass is 16.2. The van der Waals surface area contributed by atoms with Crippen LogP contribution in [0.3, 0.4) is 0 Å². The predicted molar refractivity (Wildman–Crippen MR) is 108 cm³/mol. The summed E-state index contributed by atoms with van der Waals surface area (Å²) in [4.78, 5) is 28.4. The first-order valence-corrected chi connectivity index (χ1v) is 10.0. The van der Waals surface area contributed by atoms with Gasteiger partial charge in [-0.2, -0.15) is 0 Å². The standard InChI is InChI=1S/C23H25N3O2/c1-14-5-8-17(9-6-14)20-19-21(25-12-4-11-24(20)25)23(28)26(22(19)27)18-10-7-15(2)16(3)13-18/h5-10,13,19-21H,4,11-12H2,1-3H3/t19-,20+,21+/m1/s1. The molecule has 5 heteroatoms. The number of hydrogen-bond acceptors (Lipinski definition) is 4. The third kappa shape index (κ3) is 2.39. The number of carbonyl (C=O) groups is 2. The summed E-state index contributed by atoms with van der Waals surface area (Å²) in [5, 5.41) is 4.41. The molecular weight excluding hydrogens is 350 g/mol. The molecule has 0 unspecified atom stereocenters. The Morgan fingerprint density at radius 1 is 0.786 bits per heavy atom. The van der Waals surface area contributed by atoms with E-state index in [0.717, 1.165) is 36.2 Å². The zero-order valence-electron chi connectivity index (χ0n) is 16.6.